The van der Waals surface area contributed by atoms with Gasteiger partial charge in [-0.1, -0.05) is 0 Å². The van der Waals surface area contributed by atoms with Crippen LogP contribution in [0.25, 0.3) is 10.9 Å². The molecule has 27 heavy (non-hydrogen) atoms. The van der Waals surface area contributed by atoms with Crippen molar-refractivity contribution in [1.29, 1.82) is 0 Å². The van der Waals surface area contributed by atoms with E-state index >= 15 is 0 Å². The van der Waals surface area contributed by atoms with Crippen LogP contribution < -0.4 is 15.5 Å². The number of anilines is 1. The smallest absolute Gasteiger partial charge is 0.311 e. The number of amides is 1. The molecule has 0 aliphatic heterocycles. The van der Waals surface area contributed by atoms with Crippen molar-refractivity contribution in [3.05, 3.63) is 51.3 Å². The second kappa shape index (κ2) is 8.00. The Morgan fingerprint density at radius 3 is 2.89 bits per heavy atom. The summed E-state index contributed by atoms with van der Waals surface area (Å²) in [5, 5.41) is 4.88. The standard InChI is InChI=1S/C18H17N3O5S/c1-3-26-15(22)6-10-9-27-18(20-10)21-17(24)13-8-19-14-5-4-11(25-2)7-12(14)16(13)23/h4-5,7-9H,3,6H2,1-2H3,(H,19,23)(H,20,21,24). The zero-order valence-electron chi connectivity index (χ0n) is 14.7. The molecule has 2 aromatic heterocycles. The molecular weight excluding hydrogens is 370 g/mol. The molecule has 3 rings (SSSR count). The van der Waals surface area contributed by atoms with Gasteiger partial charge in [-0.3, -0.25) is 19.7 Å². The molecule has 0 atom stereocenters. The second-order valence-corrected chi connectivity index (χ2v) is 6.38. The van der Waals surface area contributed by atoms with E-state index in [9.17, 15) is 14.4 Å². The van der Waals surface area contributed by atoms with Gasteiger partial charge >= 0.3 is 5.97 Å². The zero-order chi connectivity index (χ0) is 19.4. The van der Waals surface area contributed by atoms with E-state index in [-0.39, 0.29) is 18.0 Å². The molecule has 0 radical (unpaired) electrons. The van der Waals surface area contributed by atoms with Gasteiger partial charge in [-0.2, -0.15) is 0 Å². The largest absolute Gasteiger partial charge is 0.497 e. The van der Waals surface area contributed by atoms with E-state index in [0.717, 1.165) is 0 Å². The van der Waals surface area contributed by atoms with Crippen LogP contribution in [-0.2, 0) is 16.0 Å². The summed E-state index contributed by atoms with van der Waals surface area (Å²) in [5.74, 6) is -0.451. The van der Waals surface area contributed by atoms with Crippen LogP contribution in [-0.4, -0.2) is 35.6 Å². The zero-order valence-corrected chi connectivity index (χ0v) is 15.5. The van der Waals surface area contributed by atoms with Gasteiger partial charge in [0.15, 0.2) is 5.13 Å². The molecule has 0 aliphatic rings. The number of hydrogen-bond acceptors (Lipinski definition) is 7. The summed E-state index contributed by atoms with van der Waals surface area (Å²) in [7, 11) is 1.50. The molecule has 9 heteroatoms. The number of thiazole rings is 1. The molecule has 1 amide bonds. The summed E-state index contributed by atoms with van der Waals surface area (Å²) in [4.78, 5) is 43.7. The average Bonchev–Trinajstić information content (AvgIpc) is 3.08. The number of carbonyl (C=O) groups is 2. The van der Waals surface area contributed by atoms with E-state index in [1.165, 1.54) is 24.6 Å². The van der Waals surface area contributed by atoms with Crippen molar-refractivity contribution < 1.29 is 19.1 Å². The Bertz CT molecular complexity index is 1060. The van der Waals surface area contributed by atoms with Gasteiger partial charge in [0.1, 0.15) is 11.3 Å². The Morgan fingerprint density at radius 1 is 1.33 bits per heavy atom. The van der Waals surface area contributed by atoms with Crippen molar-refractivity contribution in [3.8, 4) is 5.75 Å². The van der Waals surface area contributed by atoms with Gasteiger partial charge in [0, 0.05) is 22.5 Å². The van der Waals surface area contributed by atoms with Crippen LogP contribution in [0.3, 0.4) is 0 Å². The number of aromatic nitrogens is 2. The monoisotopic (exact) mass is 387 g/mol. The van der Waals surface area contributed by atoms with Gasteiger partial charge in [-0.25, -0.2) is 4.98 Å². The average molecular weight is 387 g/mol. The van der Waals surface area contributed by atoms with Gasteiger partial charge in [0.2, 0.25) is 5.43 Å². The number of esters is 1. The highest BCUT2D eigenvalue weighted by Crippen LogP contribution is 2.19. The number of carbonyl (C=O) groups excluding carboxylic acids is 2. The first-order valence-electron chi connectivity index (χ1n) is 8.12. The van der Waals surface area contributed by atoms with E-state index in [0.29, 0.717) is 34.1 Å². The molecule has 140 valence electrons. The van der Waals surface area contributed by atoms with Gasteiger partial charge in [-0.05, 0) is 25.1 Å². The van der Waals surface area contributed by atoms with Gasteiger partial charge in [0.25, 0.3) is 5.91 Å². The fourth-order valence-corrected chi connectivity index (χ4v) is 3.17. The minimum atomic E-state index is -0.585. The maximum Gasteiger partial charge on any atom is 0.311 e. The number of H-pyrrole nitrogens is 1. The minimum absolute atomic E-state index is 0.0244. The molecule has 0 fully saturated rings. The molecule has 0 saturated carbocycles. The lowest BCUT2D eigenvalue weighted by atomic mass is 10.1. The Labute approximate surface area is 158 Å². The third-order valence-corrected chi connectivity index (χ3v) is 4.54. The van der Waals surface area contributed by atoms with Crippen molar-refractivity contribution in [3.63, 3.8) is 0 Å². The third kappa shape index (κ3) is 4.14. The van der Waals surface area contributed by atoms with E-state index in [1.54, 1.807) is 30.5 Å². The number of hydrogen-bond donors (Lipinski definition) is 2. The molecule has 0 spiro atoms. The lowest BCUT2D eigenvalue weighted by Crippen LogP contribution is -2.22. The molecule has 1 aromatic carbocycles. The van der Waals surface area contributed by atoms with E-state index in [2.05, 4.69) is 15.3 Å². The number of pyridine rings is 1. The predicted octanol–water partition coefficient (Wildman–Crippen LogP) is 2.35. The van der Waals surface area contributed by atoms with Crippen LogP contribution in [0.1, 0.15) is 23.0 Å². The molecule has 2 heterocycles. The highest BCUT2D eigenvalue weighted by atomic mass is 32.1. The van der Waals surface area contributed by atoms with Crippen LogP contribution in [0.15, 0.2) is 34.6 Å². The van der Waals surface area contributed by atoms with Crippen LogP contribution >= 0.6 is 11.3 Å². The Balaban J connectivity index is 1.80. The first-order valence-corrected chi connectivity index (χ1v) is 9.00. The third-order valence-electron chi connectivity index (χ3n) is 3.74. The number of ether oxygens (including phenoxy) is 2. The van der Waals surface area contributed by atoms with E-state index < -0.39 is 11.3 Å². The first-order chi connectivity index (χ1) is 13.0. The number of fused-ring (bicyclic) bond motifs is 1. The van der Waals surface area contributed by atoms with Crippen molar-refractivity contribution in [1.82, 2.24) is 9.97 Å². The Morgan fingerprint density at radius 2 is 2.15 bits per heavy atom. The number of rotatable bonds is 6. The van der Waals surface area contributed by atoms with E-state index in [4.69, 9.17) is 9.47 Å². The van der Waals surface area contributed by atoms with Crippen LogP contribution in [0.5, 0.6) is 5.75 Å². The van der Waals surface area contributed by atoms with Crippen molar-refractivity contribution >= 4 is 39.2 Å². The number of nitrogens with one attached hydrogen (secondary N) is 2. The highest BCUT2D eigenvalue weighted by molar-refractivity contribution is 7.14. The van der Waals surface area contributed by atoms with Crippen LogP contribution in [0, 0.1) is 0 Å². The number of aromatic amines is 1. The summed E-state index contributed by atoms with van der Waals surface area (Å²) in [6.45, 7) is 2.02. The fraction of sp³-hybridized carbons (Fsp3) is 0.222. The Hall–Kier alpha value is -3.20. The minimum Gasteiger partial charge on any atom is -0.497 e. The summed E-state index contributed by atoms with van der Waals surface area (Å²) in [6, 6.07) is 5.00. The lowest BCUT2D eigenvalue weighted by molar-refractivity contribution is -0.142. The Kier molecular flexibility index (Phi) is 5.51. The molecular formula is C18H17N3O5S. The first kappa shape index (κ1) is 18.6. The summed E-state index contributed by atoms with van der Waals surface area (Å²) in [5.41, 5.74) is 0.635. The maximum absolute atomic E-state index is 12.6. The number of benzene rings is 1. The normalized spacial score (nSPS) is 10.6. The number of methoxy groups -OCH3 is 1. The van der Waals surface area contributed by atoms with Crippen molar-refractivity contribution in [2.75, 3.05) is 19.0 Å². The molecule has 0 saturated heterocycles. The molecule has 2 N–H and O–H groups in total. The summed E-state index contributed by atoms with van der Waals surface area (Å²) in [6.07, 6.45) is 1.39. The molecule has 8 nitrogen and oxygen atoms in total. The van der Waals surface area contributed by atoms with E-state index in [1.807, 2.05) is 0 Å². The maximum atomic E-state index is 12.6. The molecule has 0 unspecified atom stereocenters. The van der Waals surface area contributed by atoms with Gasteiger partial charge in [-0.15, -0.1) is 11.3 Å². The topological polar surface area (TPSA) is 110 Å². The summed E-state index contributed by atoms with van der Waals surface area (Å²) < 4.78 is 9.99. The number of nitrogens with zero attached hydrogens (tertiary/aromatic N) is 1. The molecule has 3 aromatic rings. The van der Waals surface area contributed by atoms with Crippen LogP contribution in [0.2, 0.25) is 0 Å². The van der Waals surface area contributed by atoms with Crippen molar-refractivity contribution in [2.45, 2.75) is 13.3 Å². The fourth-order valence-electron chi connectivity index (χ4n) is 2.46. The summed E-state index contributed by atoms with van der Waals surface area (Å²) >= 11 is 1.17. The van der Waals surface area contributed by atoms with Crippen molar-refractivity contribution in [2.24, 2.45) is 0 Å². The van der Waals surface area contributed by atoms with Gasteiger partial charge < -0.3 is 14.5 Å². The molecule has 0 bridgehead atoms. The predicted molar refractivity (Wildman–Crippen MR) is 102 cm³/mol. The highest BCUT2D eigenvalue weighted by Gasteiger charge is 2.16. The quantitative estimate of drug-likeness (QED) is 0.628. The van der Waals surface area contributed by atoms with Crippen LogP contribution in [0.4, 0.5) is 5.13 Å². The second-order valence-electron chi connectivity index (χ2n) is 5.52. The van der Waals surface area contributed by atoms with Gasteiger partial charge in [0.05, 0.1) is 25.8 Å². The SMILES string of the molecule is CCOC(=O)Cc1csc(NC(=O)c2c[nH]c3ccc(OC)cc3c2=O)n1. The molecule has 0 aliphatic carbocycles. The lowest BCUT2D eigenvalue weighted by Gasteiger charge is -2.05.